The van der Waals surface area contributed by atoms with Crippen LogP contribution in [0.25, 0.3) is 5.76 Å². The SMILES string of the molecule is Cc1n[nH]c(C)c1/C(O)=C1\C(=O)C(=O)N(CCCN(C)C)C1c1cccc(F)c1. The average Bonchev–Trinajstić information content (AvgIpc) is 3.12. The molecule has 1 aromatic heterocycles. The van der Waals surface area contributed by atoms with Gasteiger partial charge >= 0.3 is 0 Å². The first-order chi connectivity index (χ1) is 13.7. The lowest BCUT2D eigenvalue weighted by Crippen LogP contribution is -2.32. The third-order valence-corrected chi connectivity index (χ3v) is 5.07. The molecule has 7 nitrogen and oxygen atoms in total. The molecule has 8 heteroatoms. The Balaban J connectivity index is 2.13. The Kier molecular flexibility index (Phi) is 5.83. The van der Waals surface area contributed by atoms with E-state index in [1.165, 1.54) is 23.1 Å². The van der Waals surface area contributed by atoms with Crippen molar-refractivity contribution >= 4 is 17.4 Å². The van der Waals surface area contributed by atoms with Crippen LogP contribution in [0.2, 0.25) is 0 Å². The fourth-order valence-electron chi connectivity index (χ4n) is 3.73. The molecule has 154 valence electrons. The number of benzene rings is 1. The minimum absolute atomic E-state index is 0.0435. The smallest absolute Gasteiger partial charge is 0.295 e. The average molecular weight is 400 g/mol. The summed E-state index contributed by atoms with van der Waals surface area (Å²) >= 11 is 0. The first-order valence-corrected chi connectivity index (χ1v) is 9.43. The molecule has 0 saturated carbocycles. The maximum atomic E-state index is 13.9. The van der Waals surface area contributed by atoms with E-state index in [2.05, 4.69) is 10.2 Å². The van der Waals surface area contributed by atoms with Crippen molar-refractivity contribution in [2.75, 3.05) is 27.2 Å². The standard InChI is InChI=1S/C21H25FN4O3/c1-12-16(13(2)24-23-12)19(27)17-18(14-7-5-8-15(22)11-14)26(21(29)20(17)28)10-6-9-25(3)4/h5,7-8,11,18,27H,6,9-10H2,1-4H3,(H,23,24)/b19-17+. The second kappa shape index (κ2) is 8.16. The molecular weight excluding hydrogens is 375 g/mol. The van der Waals surface area contributed by atoms with Crippen LogP contribution in [0.3, 0.4) is 0 Å². The number of amides is 1. The monoisotopic (exact) mass is 400 g/mol. The second-order valence-electron chi connectivity index (χ2n) is 7.51. The second-order valence-corrected chi connectivity index (χ2v) is 7.51. The number of aryl methyl sites for hydroxylation is 2. The van der Waals surface area contributed by atoms with Crippen LogP contribution in [-0.4, -0.2) is 64.0 Å². The number of aliphatic hydroxyl groups excluding tert-OH is 1. The van der Waals surface area contributed by atoms with Gasteiger partial charge in [0.05, 0.1) is 22.9 Å². The van der Waals surface area contributed by atoms with Crippen LogP contribution in [-0.2, 0) is 9.59 Å². The molecule has 1 aliphatic rings. The molecule has 1 amide bonds. The minimum atomic E-state index is -0.860. The number of Topliss-reactive ketones (excluding diaryl/α,β-unsaturated/α-hetero) is 1. The van der Waals surface area contributed by atoms with Crippen molar-refractivity contribution in [3.63, 3.8) is 0 Å². The fourth-order valence-corrected chi connectivity index (χ4v) is 3.73. The fraction of sp³-hybridized carbons (Fsp3) is 0.381. The molecule has 1 aromatic carbocycles. The summed E-state index contributed by atoms with van der Waals surface area (Å²) in [4.78, 5) is 29.1. The summed E-state index contributed by atoms with van der Waals surface area (Å²) in [6, 6.07) is 4.91. The van der Waals surface area contributed by atoms with Gasteiger partial charge in [0.2, 0.25) is 0 Å². The lowest BCUT2D eigenvalue weighted by Gasteiger charge is -2.26. The highest BCUT2D eigenvalue weighted by Crippen LogP contribution is 2.40. The molecule has 1 saturated heterocycles. The Hall–Kier alpha value is -3.00. The first-order valence-electron chi connectivity index (χ1n) is 9.43. The number of carbonyl (C=O) groups excluding carboxylic acids is 2. The van der Waals surface area contributed by atoms with E-state index in [1.54, 1.807) is 19.9 Å². The van der Waals surface area contributed by atoms with Crippen LogP contribution < -0.4 is 0 Å². The number of carbonyl (C=O) groups is 2. The number of likely N-dealkylation sites (tertiary alicyclic amines) is 1. The topological polar surface area (TPSA) is 89.5 Å². The normalized spacial score (nSPS) is 18.8. The predicted molar refractivity (Wildman–Crippen MR) is 107 cm³/mol. The number of nitrogens with one attached hydrogen (secondary N) is 1. The number of nitrogens with zero attached hydrogens (tertiary/aromatic N) is 3. The van der Waals surface area contributed by atoms with Crippen molar-refractivity contribution in [3.05, 3.63) is 58.2 Å². The van der Waals surface area contributed by atoms with Gasteiger partial charge in [0.25, 0.3) is 11.7 Å². The van der Waals surface area contributed by atoms with Crippen LogP contribution in [0.15, 0.2) is 29.8 Å². The summed E-state index contributed by atoms with van der Waals surface area (Å²) in [7, 11) is 3.84. The van der Waals surface area contributed by atoms with Crippen molar-refractivity contribution in [1.82, 2.24) is 20.0 Å². The summed E-state index contributed by atoms with van der Waals surface area (Å²) < 4.78 is 13.9. The Labute approximate surface area is 168 Å². The number of hydrogen-bond acceptors (Lipinski definition) is 5. The van der Waals surface area contributed by atoms with Gasteiger partial charge in [-0.2, -0.15) is 5.10 Å². The zero-order valence-electron chi connectivity index (χ0n) is 17.0. The molecule has 1 aliphatic heterocycles. The summed E-state index contributed by atoms with van der Waals surface area (Å²) in [6.07, 6.45) is 0.635. The number of aromatic nitrogens is 2. The van der Waals surface area contributed by atoms with Crippen molar-refractivity contribution in [3.8, 4) is 0 Å². The largest absolute Gasteiger partial charge is 0.507 e. The highest BCUT2D eigenvalue weighted by molar-refractivity contribution is 6.46. The molecule has 2 aromatic rings. The molecule has 0 aliphatic carbocycles. The number of H-pyrrole nitrogens is 1. The number of ketones is 1. The molecule has 1 fully saturated rings. The molecule has 2 heterocycles. The molecule has 29 heavy (non-hydrogen) atoms. The number of aromatic amines is 1. The van der Waals surface area contributed by atoms with Crippen molar-refractivity contribution in [2.45, 2.75) is 26.3 Å². The van der Waals surface area contributed by atoms with E-state index in [0.29, 0.717) is 35.5 Å². The van der Waals surface area contributed by atoms with Crippen LogP contribution in [0.4, 0.5) is 4.39 Å². The number of rotatable bonds is 6. The Morgan fingerprint density at radius 1 is 1.31 bits per heavy atom. The van der Waals surface area contributed by atoms with Gasteiger partial charge in [-0.1, -0.05) is 12.1 Å². The van der Waals surface area contributed by atoms with Gasteiger partial charge in [0.1, 0.15) is 11.6 Å². The van der Waals surface area contributed by atoms with Gasteiger partial charge in [-0.3, -0.25) is 14.7 Å². The highest BCUT2D eigenvalue weighted by Gasteiger charge is 2.46. The van der Waals surface area contributed by atoms with Crippen LogP contribution in [0.5, 0.6) is 0 Å². The van der Waals surface area contributed by atoms with Gasteiger partial charge < -0.3 is 14.9 Å². The Morgan fingerprint density at radius 2 is 2.03 bits per heavy atom. The predicted octanol–water partition coefficient (Wildman–Crippen LogP) is 2.54. The first kappa shape index (κ1) is 20.7. The summed E-state index contributed by atoms with van der Waals surface area (Å²) in [6.45, 7) is 4.45. The molecule has 0 radical (unpaired) electrons. The van der Waals surface area contributed by atoms with E-state index >= 15 is 0 Å². The molecule has 0 spiro atoms. The summed E-state index contributed by atoms with van der Waals surface area (Å²) in [5.41, 5.74) is 1.87. The van der Waals surface area contributed by atoms with E-state index < -0.39 is 23.5 Å². The molecular formula is C21H25FN4O3. The van der Waals surface area contributed by atoms with Crippen LogP contribution >= 0.6 is 0 Å². The number of aliphatic hydroxyl groups is 1. The number of halogens is 1. The maximum Gasteiger partial charge on any atom is 0.295 e. The van der Waals surface area contributed by atoms with Gasteiger partial charge in [-0.15, -0.1) is 0 Å². The lowest BCUT2D eigenvalue weighted by atomic mass is 9.94. The van der Waals surface area contributed by atoms with E-state index in [4.69, 9.17) is 0 Å². The van der Waals surface area contributed by atoms with Crippen molar-refractivity contribution < 1.29 is 19.1 Å². The summed E-state index contributed by atoms with van der Waals surface area (Å²) in [5, 5.41) is 17.8. The Morgan fingerprint density at radius 3 is 2.62 bits per heavy atom. The van der Waals surface area contributed by atoms with Gasteiger partial charge in [0, 0.05) is 12.2 Å². The van der Waals surface area contributed by atoms with Gasteiger partial charge in [-0.05, 0) is 58.6 Å². The van der Waals surface area contributed by atoms with Gasteiger partial charge in [0.15, 0.2) is 0 Å². The van der Waals surface area contributed by atoms with E-state index in [-0.39, 0.29) is 11.3 Å². The van der Waals surface area contributed by atoms with E-state index in [1.807, 2.05) is 19.0 Å². The van der Waals surface area contributed by atoms with Gasteiger partial charge in [-0.25, -0.2) is 4.39 Å². The minimum Gasteiger partial charge on any atom is -0.507 e. The van der Waals surface area contributed by atoms with Crippen molar-refractivity contribution in [2.24, 2.45) is 0 Å². The molecule has 1 unspecified atom stereocenters. The molecule has 3 rings (SSSR count). The highest BCUT2D eigenvalue weighted by atomic mass is 19.1. The molecule has 2 N–H and O–H groups in total. The van der Waals surface area contributed by atoms with Crippen LogP contribution in [0.1, 0.15) is 35.0 Å². The van der Waals surface area contributed by atoms with Crippen molar-refractivity contribution in [1.29, 1.82) is 0 Å². The number of hydrogen-bond donors (Lipinski definition) is 2. The third-order valence-electron chi connectivity index (χ3n) is 5.07. The zero-order chi connectivity index (χ0) is 21.3. The third kappa shape index (κ3) is 3.93. The quantitative estimate of drug-likeness (QED) is 0.442. The van der Waals surface area contributed by atoms with Crippen LogP contribution in [0, 0.1) is 19.7 Å². The molecule has 1 atom stereocenters. The van der Waals surface area contributed by atoms with E-state index in [0.717, 1.165) is 6.54 Å². The Bertz CT molecular complexity index is 961. The molecule has 0 bridgehead atoms. The zero-order valence-corrected chi connectivity index (χ0v) is 17.0. The maximum absolute atomic E-state index is 13.9. The lowest BCUT2D eigenvalue weighted by molar-refractivity contribution is -0.139. The summed E-state index contributed by atoms with van der Waals surface area (Å²) in [5.74, 6) is -2.24. The van der Waals surface area contributed by atoms with E-state index in [9.17, 15) is 19.1 Å².